The molecule has 0 radical (unpaired) electrons. The van der Waals surface area contributed by atoms with E-state index in [9.17, 15) is 9.59 Å². The Morgan fingerprint density at radius 2 is 1.95 bits per heavy atom. The van der Waals surface area contributed by atoms with Crippen molar-refractivity contribution >= 4 is 39.3 Å². The van der Waals surface area contributed by atoms with Crippen LogP contribution >= 0.6 is 27.3 Å². The first kappa shape index (κ1) is 27.0. The van der Waals surface area contributed by atoms with E-state index in [1.165, 1.54) is 11.3 Å². The van der Waals surface area contributed by atoms with Gasteiger partial charge in [-0.15, -0.1) is 0 Å². The first-order chi connectivity index (χ1) is 18.9. The molecule has 0 aliphatic carbocycles. The van der Waals surface area contributed by atoms with Crippen molar-refractivity contribution in [2.24, 2.45) is 4.99 Å². The fraction of sp³-hybridized carbons (Fsp3) is 0.321. The van der Waals surface area contributed by atoms with E-state index in [2.05, 4.69) is 15.9 Å². The summed E-state index contributed by atoms with van der Waals surface area (Å²) in [5.74, 6) is 1.79. The van der Waals surface area contributed by atoms with E-state index in [0.29, 0.717) is 55.6 Å². The van der Waals surface area contributed by atoms with Crippen LogP contribution in [0.25, 0.3) is 6.08 Å². The van der Waals surface area contributed by atoms with Crippen molar-refractivity contribution in [1.82, 2.24) is 4.57 Å². The van der Waals surface area contributed by atoms with Crippen LogP contribution in [0.5, 0.6) is 23.0 Å². The maximum absolute atomic E-state index is 14.1. The maximum Gasteiger partial charge on any atom is 0.338 e. The van der Waals surface area contributed by atoms with Crippen molar-refractivity contribution in [3.8, 4) is 23.0 Å². The van der Waals surface area contributed by atoms with Gasteiger partial charge in [0, 0.05) is 10.0 Å². The highest BCUT2D eigenvalue weighted by molar-refractivity contribution is 9.10. The minimum absolute atomic E-state index is 0.145. The number of rotatable bonds is 8. The third kappa shape index (κ3) is 4.96. The molecule has 9 nitrogen and oxygen atoms in total. The number of thiazole rings is 1. The molecule has 2 aliphatic rings. The average Bonchev–Trinajstić information content (AvgIpc) is 3.51. The van der Waals surface area contributed by atoms with Gasteiger partial charge >= 0.3 is 5.97 Å². The summed E-state index contributed by atoms with van der Waals surface area (Å²) >= 11 is 4.82. The van der Waals surface area contributed by atoms with Gasteiger partial charge in [0.2, 0.25) is 6.79 Å². The highest BCUT2D eigenvalue weighted by Gasteiger charge is 2.36. The molecule has 0 fully saturated rings. The van der Waals surface area contributed by atoms with E-state index >= 15 is 0 Å². The fourth-order valence-corrected chi connectivity index (χ4v) is 6.10. The quantitative estimate of drug-likeness (QED) is 0.353. The number of allylic oxidation sites excluding steroid dienone is 1. The molecule has 0 bridgehead atoms. The number of esters is 1. The van der Waals surface area contributed by atoms with Gasteiger partial charge in [-0.3, -0.25) is 9.36 Å². The molecular weight excluding hydrogens is 588 g/mol. The predicted octanol–water partition coefficient (Wildman–Crippen LogP) is 4.09. The average molecular weight is 616 g/mol. The Labute approximate surface area is 237 Å². The molecule has 0 saturated carbocycles. The van der Waals surface area contributed by atoms with Crippen LogP contribution in [0, 0.1) is 0 Å². The molecule has 0 amide bonds. The molecule has 39 heavy (non-hydrogen) atoms. The summed E-state index contributed by atoms with van der Waals surface area (Å²) in [5, 5.41) is 0. The van der Waals surface area contributed by atoms with Crippen molar-refractivity contribution in [2.45, 2.75) is 32.7 Å². The largest absolute Gasteiger partial charge is 0.497 e. The lowest BCUT2D eigenvalue weighted by Crippen LogP contribution is -2.40. The summed E-state index contributed by atoms with van der Waals surface area (Å²) in [4.78, 5) is 32.8. The predicted molar refractivity (Wildman–Crippen MR) is 149 cm³/mol. The molecule has 3 aromatic rings. The second kappa shape index (κ2) is 11.3. The van der Waals surface area contributed by atoms with Gasteiger partial charge < -0.3 is 23.7 Å². The molecule has 1 atom stereocenters. The zero-order chi connectivity index (χ0) is 27.7. The molecule has 0 spiro atoms. The molecule has 0 unspecified atom stereocenters. The minimum Gasteiger partial charge on any atom is -0.497 e. The molecule has 3 heterocycles. The number of hydrogen-bond donors (Lipinski definition) is 0. The lowest BCUT2D eigenvalue weighted by molar-refractivity contribution is -0.139. The summed E-state index contributed by atoms with van der Waals surface area (Å²) in [6.07, 6.45) is 3.07. The lowest BCUT2D eigenvalue weighted by Gasteiger charge is -2.27. The highest BCUT2D eigenvalue weighted by atomic mass is 79.9. The highest BCUT2D eigenvalue weighted by Crippen LogP contribution is 2.39. The number of carbonyl (C=O) groups excluding carboxylic acids is 1. The number of fused-ring (bicyclic) bond motifs is 2. The van der Waals surface area contributed by atoms with Gasteiger partial charge in [0.05, 0.1) is 36.6 Å². The van der Waals surface area contributed by atoms with E-state index in [1.807, 2.05) is 19.1 Å². The molecule has 2 aliphatic heterocycles. The van der Waals surface area contributed by atoms with Gasteiger partial charge in [0.15, 0.2) is 16.3 Å². The van der Waals surface area contributed by atoms with E-state index < -0.39 is 12.0 Å². The third-order valence-corrected chi connectivity index (χ3v) is 8.07. The third-order valence-electron chi connectivity index (χ3n) is 6.40. The van der Waals surface area contributed by atoms with Crippen LogP contribution in [0.4, 0.5) is 0 Å². The van der Waals surface area contributed by atoms with Gasteiger partial charge in [0.1, 0.15) is 17.5 Å². The Bertz CT molecular complexity index is 1660. The van der Waals surface area contributed by atoms with Crippen LogP contribution in [-0.2, 0) is 9.53 Å². The topological polar surface area (TPSA) is 97.6 Å². The molecule has 0 saturated heterocycles. The number of halogens is 1. The van der Waals surface area contributed by atoms with Crippen molar-refractivity contribution in [3.63, 3.8) is 0 Å². The summed E-state index contributed by atoms with van der Waals surface area (Å²) in [5.41, 5.74) is 1.95. The Balaban J connectivity index is 1.79. The van der Waals surface area contributed by atoms with Gasteiger partial charge in [0.25, 0.3) is 5.56 Å². The number of benzene rings is 2. The normalized spacial score (nSPS) is 16.1. The van der Waals surface area contributed by atoms with Crippen molar-refractivity contribution in [3.05, 3.63) is 76.9 Å². The molecule has 1 aromatic heterocycles. The smallest absolute Gasteiger partial charge is 0.338 e. The van der Waals surface area contributed by atoms with E-state index in [-0.39, 0.29) is 19.0 Å². The summed E-state index contributed by atoms with van der Waals surface area (Å²) in [6.45, 7) is 4.09. The Kier molecular flexibility index (Phi) is 7.81. The summed E-state index contributed by atoms with van der Waals surface area (Å²) < 4.78 is 30.4. The molecule has 2 aromatic carbocycles. The van der Waals surface area contributed by atoms with Crippen molar-refractivity contribution < 1.29 is 28.5 Å². The molecule has 5 rings (SSSR count). The number of carbonyl (C=O) groups is 1. The number of aromatic nitrogens is 1. The fourth-order valence-electron chi connectivity index (χ4n) is 4.65. The molecular formula is C28H27BrN2O7S. The van der Waals surface area contributed by atoms with Gasteiger partial charge in [-0.2, -0.15) is 0 Å². The van der Waals surface area contributed by atoms with Crippen LogP contribution in [0.15, 0.2) is 55.9 Å². The first-order valence-electron chi connectivity index (χ1n) is 12.4. The van der Waals surface area contributed by atoms with Gasteiger partial charge in [-0.05, 0) is 55.3 Å². The Hall–Kier alpha value is -3.57. The van der Waals surface area contributed by atoms with Gasteiger partial charge in [-0.25, -0.2) is 9.79 Å². The van der Waals surface area contributed by atoms with Gasteiger partial charge in [-0.1, -0.05) is 40.6 Å². The van der Waals surface area contributed by atoms with E-state index in [1.54, 1.807) is 50.0 Å². The second-order valence-corrected chi connectivity index (χ2v) is 10.6. The van der Waals surface area contributed by atoms with Crippen LogP contribution < -0.4 is 33.8 Å². The Morgan fingerprint density at radius 1 is 1.18 bits per heavy atom. The van der Waals surface area contributed by atoms with Crippen LogP contribution in [0.2, 0.25) is 0 Å². The van der Waals surface area contributed by atoms with E-state index in [4.69, 9.17) is 28.7 Å². The second-order valence-electron chi connectivity index (χ2n) is 8.75. The number of hydrogen-bond acceptors (Lipinski definition) is 9. The van der Waals surface area contributed by atoms with Crippen LogP contribution in [-0.4, -0.2) is 38.2 Å². The van der Waals surface area contributed by atoms with Crippen molar-refractivity contribution in [1.29, 1.82) is 0 Å². The first-order valence-corrected chi connectivity index (χ1v) is 14.0. The standard InChI is InChI=1S/C28H27BrN2O7S/c1-5-7-19-24(27(33)36-6-2)25(17-12-16(34-3)8-9-20(17)35-4)31-26(32)23(39-28(31)30-19)11-15-10-21-22(13-18(15)29)38-14-37-21/h8-13,25H,5-7,14H2,1-4H3/b23-11-/t25-/m1/s1. The lowest BCUT2D eigenvalue weighted by atomic mass is 9.93. The number of ether oxygens (including phenoxy) is 5. The SMILES string of the molecule is CCCC1=C(C(=O)OCC)[C@@H](c2cc(OC)ccc2OC)n2c(s/c(=C\c3cc4c(cc3Br)OCO4)c2=O)=N1. The maximum atomic E-state index is 14.1. The van der Waals surface area contributed by atoms with Crippen LogP contribution in [0.1, 0.15) is 43.9 Å². The van der Waals surface area contributed by atoms with E-state index in [0.717, 1.165) is 16.5 Å². The summed E-state index contributed by atoms with van der Waals surface area (Å²) in [6, 6.07) is 8.12. The zero-order valence-corrected chi connectivity index (χ0v) is 24.3. The molecule has 204 valence electrons. The Morgan fingerprint density at radius 3 is 2.64 bits per heavy atom. The molecule has 0 N–H and O–H groups in total. The number of methoxy groups -OCH3 is 2. The minimum atomic E-state index is -0.825. The molecule has 11 heteroatoms. The van der Waals surface area contributed by atoms with Crippen molar-refractivity contribution in [2.75, 3.05) is 27.6 Å². The van der Waals surface area contributed by atoms with Crippen LogP contribution in [0.3, 0.4) is 0 Å². The zero-order valence-electron chi connectivity index (χ0n) is 21.9. The number of nitrogens with zero attached hydrogens (tertiary/aromatic N) is 2. The summed E-state index contributed by atoms with van der Waals surface area (Å²) in [7, 11) is 3.11. The monoisotopic (exact) mass is 614 g/mol.